The summed E-state index contributed by atoms with van der Waals surface area (Å²) >= 11 is 0. The van der Waals surface area contributed by atoms with Crippen LogP contribution in [0.5, 0.6) is 11.5 Å². The molecule has 0 bridgehead atoms. The van der Waals surface area contributed by atoms with Gasteiger partial charge in [0.15, 0.2) is 0 Å². The van der Waals surface area contributed by atoms with Crippen molar-refractivity contribution in [2.24, 2.45) is 0 Å². The summed E-state index contributed by atoms with van der Waals surface area (Å²) in [5.74, 6) is 1.33. The monoisotopic (exact) mass is 313 g/mol. The molecule has 0 radical (unpaired) electrons. The van der Waals surface area contributed by atoms with Crippen LogP contribution in [-0.2, 0) is 10.2 Å². The first-order valence-electron chi connectivity index (χ1n) is 7.49. The van der Waals surface area contributed by atoms with Crippen molar-refractivity contribution in [2.45, 2.75) is 26.2 Å². The second-order valence-corrected chi connectivity index (χ2v) is 6.01. The van der Waals surface area contributed by atoms with Crippen molar-refractivity contribution >= 4 is 11.6 Å². The van der Waals surface area contributed by atoms with E-state index in [4.69, 9.17) is 9.47 Å². The van der Waals surface area contributed by atoms with E-state index in [9.17, 15) is 4.79 Å². The fourth-order valence-corrected chi connectivity index (χ4v) is 2.34. The van der Waals surface area contributed by atoms with Crippen LogP contribution in [0.15, 0.2) is 42.5 Å². The zero-order valence-electron chi connectivity index (χ0n) is 14.3. The van der Waals surface area contributed by atoms with Crippen LogP contribution >= 0.6 is 0 Å². The third kappa shape index (κ3) is 3.65. The van der Waals surface area contributed by atoms with Crippen LogP contribution in [0.1, 0.15) is 25.0 Å². The molecule has 1 amide bonds. The van der Waals surface area contributed by atoms with E-state index in [0.29, 0.717) is 11.4 Å². The van der Waals surface area contributed by atoms with Crippen LogP contribution in [0.2, 0.25) is 0 Å². The van der Waals surface area contributed by atoms with E-state index in [-0.39, 0.29) is 5.91 Å². The van der Waals surface area contributed by atoms with Crippen LogP contribution in [-0.4, -0.2) is 20.1 Å². The first kappa shape index (κ1) is 16.9. The molecular weight excluding hydrogens is 290 g/mol. The lowest BCUT2D eigenvalue weighted by atomic mass is 9.83. The highest BCUT2D eigenvalue weighted by atomic mass is 16.5. The number of benzene rings is 2. The third-order valence-corrected chi connectivity index (χ3v) is 3.98. The van der Waals surface area contributed by atoms with E-state index in [1.165, 1.54) is 0 Å². The van der Waals surface area contributed by atoms with Crippen LogP contribution in [0.25, 0.3) is 0 Å². The van der Waals surface area contributed by atoms with Crippen LogP contribution < -0.4 is 14.8 Å². The second-order valence-electron chi connectivity index (χ2n) is 6.01. The van der Waals surface area contributed by atoms with Crippen molar-refractivity contribution in [3.05, 3.63) is 53.6 Å². The normalized spacial score (nSPS) is 11.0. The molecule has 0 fully saturated rings. The van der Waals surface area contributed by atoms with Gasteiger partial charge in [-0.05, 0) is 56.2 Å². The number of ether oxygens (including phenoxy) is 2. The maximum absolute atomic E-state index is 12.8. The number of hydrogen-bond acceptors (Lipinski definition) is 3. The van der Waals surface area contributed by atoms with Gasteiger partial charge in [0.1, 0.15) is 11.5 Å². The molecule has 0 unspecified atom stereocenters. The zero-order valence-corrected chi connectivity index (χ0v) is 14.3. The Labute approximate surface area is 137 Å². The molecule has 0 spiro atoms. The second kappa shape index (κ2) is 6.73. The minimum atomic E-state index is -0.680. The average Bonchev–Trinajstić information content (AvgIpc) is 2.55. The number of nitrogens with one attached hydrogen (secondary N) is 1. The summed E-state index contributed by atoms with van der Waals surface area (Å²) < 4.78 is 10.5. The molecule has 2 rings (SSSR count). The number of aryl methyl sites for hydroxylation is 1. The molecule has 2 aromatic carbocycles. The Morgan fingerprint density at radius 1 is 1.00 bits per heavy atom. The van der Waals surface area contributed by atoms with Crippen molar-refractivity contribution in [3.63, 3.8) is 0 Å². The Morgan fingerprint density at radius 2 is 1.65 bits per heavy atom. The fraction of sp³-hybridized carbons (Fsp3) is 0.316. The highest BCUT2D eigenvalue weighted by Crippen LogP contribution is 2.30. The number of methoxy groups -OCH3 is 2. The molecule has 0 atom stereocenters. The van der Waals surface area contributed by atoms with Crippen LogP contribution in [0.3, 0.4) is 0 Å². The summed E-state index contributed by atoms with van der Waals surface area (Å²) in [6, 6.07) is 13.2. The van der Waals surface area contributed by atoms with Crippen LogP contribution in [0, 0.1) is 6.92 Å². The summed E-state index contributed by atoms with van der Waals surface area (Å²) in [6.07, 6.45) is 0. The van der Waals surface area contributed by atoms with Crippen molar-refractivity contribution in [2.75, 3.05) is 19.5 Å². The summed E-state index contributed by atoms with van der Waals surface area (Å²) in [5.41, 5.74) is 1.98. The molecule has 23 heavy (non-hydrogen) atoms. The number of amides is 1. The van der Waals surface area contributed by atoms with E-state index in [1.807, 2.05) is 63.2 Å². The Hall–Kier alpha value is -2.49. The summed E-state index contributed by atoms with van der Waals surface area (Å²) in [4.78, 5) is 12.8. The minimum Gasteiger partial charge on any atom is -0.497 e. The van der Waals surface area contributed by atoms with Gasteiger partial charge in [-0.25, -0.2) is 0 Å². The molecule has 0 aliphatic heterocycles. The van der Waals surface area contributed by atoms with Gasteiger partial charge in [0.05, 0.1) is 25.3 Å². The molecule has 1 N–H and O–H groups in total. The lowest BCUT2D eigenvalue weighted by molar-refractivity contribution is -0.120. The molecule has 0 aromatic heterocycles. The number of carbonyl (C=O) groups is 1. The van der Waals surface area contributed by atoms with Gasteiger partial charge in [-0.2, -0.15) is 0 Å². The van der Waals surface area contributed by atoms with E-state index in [2.05, 4.69) is 5.32 Å². The topological polar surface area (TPSA) is 47.6 Å². The maximum atomic E-state index is 12.8. The minimum absolute atomic E-state index is 0.0911. The molecule has 4 nitrogen and oxygen atoms in total. The number of carbonyl (C=O) groups excluding carboxylic acids is 1. The quantitative estimate of drug-likeness (QED) is 0.910. The van der Waals surface area contributed by atoms with Gasteiger partial charge in [0, 0.05) is 0 Å². The van der Waals surface area contributed by atoms with E-state index >= 15 is 0 Å². The molecular formula is C19H23NO3. The first-order chi connectivity index (χ1) is 10.9. The van der Waals surface area contributed by atoms with Gasteiger partial charge < -0.3 is 14.8 Å². The standard InChI is InChI=1S/C19H23NO3/c1-13-6-11-17(23-5)16(12-13)20-18(21)19(2,3)14-7-9-15(22-4)10-8-14/h6-12H,1-5H3,(H,20,21). The van der Waals surface area contributed by atoms with Gasteiger partial charge in [-0.15, -0.1) is 0 Å². The fourth-order valence-electron chi connectivity index (χ4n) is 2.34. The molecule has 0 saturated heterocycles. The highest BCUT2D eigenvalue weighted by Gasteiger charge is 2.30. The summed E-state index contributed by atoms with van der Waals surface area (Å²) in [5, 5.41) is 2.97. The van der Waals surface area contributed by atoms with Gasteiger partial charge in [-0.3, -0.25) is 4.79 Å². The Balaban J connectivity index is 2.26. The number of hydrogen-bond donors (Lipinski definition) is 1. The number of anilines is 1. The Bertz CT molecular complexity index is 690. The van der Waals surface area contributed by atoms with Gasteiger partial charge in [0.2, 0.25) is 5.91 Å². The largest absolute Gasteiger partial charge is 0.497 e. The van der Waals surface area contributed by atoms with E-state index in [0.717, 1.165) is 16.9 Å². The van der Waals surface area contributed by atoms with E-state index in [1.54, 1.807) is 14.2 Å². The van der Waals surface area contributed by atoms with Gasteiger partial charge >= 0.3 is 0 Å². The highest BCUT2D eigenvalue weighted by molar-refractivity contribution is 5.99. The van der Waals surface area contributed by atoms with E-state index < -0.39 is 5.41 Å². The predicted octanol–water partition coefficient (Wildman–Crippen LogP) is 3.93. The molecule has 0 aliphatic rings. The number of rotatable bonds is 5. The average molecular weight is 313 g/mol. The van der Waals surface area contributed by atoms with Gasteiger partial charge in [-0.1, -0.05) is 18.2 Å². The first-order valence-corrected chi connectivity index (χ1v) is 7.49. The lowest BCUT2D eigenvalue weighted by Gasteiger charge is -2.25. The molecule has 0 aliphatic carbocycles. The van der Waals surface area contributed by atoms with Crippen molar-refractivity contribution in [1.29, 1.82) is 0 Å². The molecule has 0 saturated carbocycles. The molecule has 122 valence electrons. The van der Waals surface area contributed by atoms with Crippen molar-refractivity contribution < 1.29 is 14.3 Å². The zero-order chi connectivity index (χ0) is 17.0. The summed E-state index contributed by atoms with van der Waals surface area (Å²) in [6.45, 7) is 5.77. The summed E-state index contributed by atoms with van der Waals surface area (Å²) in [7, 11) is 3.21. The predicted molar refractivity (Wildman–Crippen MR) is 92.4 cm³/mol. The third-order valence-electron chi connectivity index (χ3n) is 3.98. The Kier molecular flexibility index (Phi) is 4.94. The lowest BCUT2D eigenvalue weighted by Crippen LogP contribution is -2.34. The smallest absolute Gasteiger partial charge is 0.234 e. The van der Waals surface area contributed by atoms with Crippen molar-refractivity contribution in [1.82, 2.24) is 0 Å². The SMILES string of the molecule is COc1ccc(C(C)(C)C(=O)Nc2cc(C)ccc2OC)cc1. The van der Waals surface area contributed by atoms with Crippen molar-refractivity contribution in [3.8, 4) is 11.5 Å². The molecule has 4 heteroatoms. The molecule has 0 heterocycles. The van der Waals surface area contributed by atoms with Crippen LogP contribution in [0.4, 0.5) is 5.69 Å². The molecule has 2 aromatic rings. The van der Waals surface area contributed by atoms with Gasteiger partial charge in [0.25, 0.3) is 0 Å². The Morgan fingerprint density at radius 3 is 2.22 bits per heavy atom. The maximum Gasteiger partial charge on any atom is 0.234 e.